The van der Waals surface area contributed by atoms with Crippen molar-refractivity contribution in [1.82, 2.24) is 10.6 Å². The van der Waals surface area contributed by atoms with Crippen LogP contribution in [0.1, 0.15) is 80.1 Å². The molecule has 1 heterocycles. The summed E-state index contributed by atoms with van der Waals surface area (Å²) in [6.07, 6.45) is 4.49. The molecule has 9 nitrogen and oxygen atoms in total. The van der Waals surface area contributed by atoms with Gasteiger partial charge < -0.3 is 19.9 Å². The third-order valence-corrected chi connectivity index (χ3v) is 7.13. The molecule has 2 aliphatic rings. The van der Waals surface area contributed by atoms with Crippen LogP contribution >= 0.6 is 0 Å². The smallest absolute Gasteiger partial charge is 0.403 e. The first-order valence-corrected chi connectivity index (χ1v) is 11.8. The van der Waals surface area contributed by atoms with E-state index in [0.717, 1.165) is 12.8 Å². The molecule has 3 atom stereocenters. The van der Waals surface area contributed by atoms with Crippen molar-refractivity contribution in [3.05, 3.63) is 10.1 Å². The second-order valence-electron chi connectivity index (χ2n) is 10.5. The van der Waals surface area contributed by atoms with E-state index in [9.17, 15) is 19.7 Å². The van der Waals surface area contributed by atoms with Crippen molar-refractivity contribution in [3.8, 4) is 0 Å². The molecule has 1 saturated carbocycles. The van der Waals surface area contributed by atoms with E-state index in [1.165, 1.54) is 6.92 Å². The summed E-state index contributed by atoms with van der Waals surface area (Å²) >= 11 is 0. The van der Waals surface area contributed by atoms with Crippen LogP contribution in [0.3, 0.4) is 0 Å². The largest absolute Gasteiger partial charge is 0.457 e. The molecular weight excluding hydrogens is 413 g/mol. The third-order valence-electron chi connectivity index (χ3n) is 7.13. The third kappa shape index (κ3) is 6.67. The quantitative estimate of drug-likeness (QED) is 0.227. The van der Waals surface area contributed by atoms with Gasteiger partial charge in [0, 0.05) is 24.3 Å². The summed E-state index contributed by atoms with van der Waals surface area (Å²) in [5.74, 6) is -0.792. The Kier molecular flexibility index (Phi) is 8.72. The van der Waals surface area contributed by atoms with E-state index in [-0.39, 0.29) is 48.7 Å². The fourth-order valence-electron chi connectivity index (χ4n) is 4.96. The fourth-order valence-corrected chi connectivity index (χ4v) is 4.96. The molecule has 1 saturated heterocycles. The van der Waals surface area contributed by atoms with Crippen LogP contribution in [0.5, 0.6) is 0 Å². The summed E-state index contributed by atoms with van der Waals surface area (Å²) in [6, 6.07) is 0. The van der Waals surface area contributed by atoms with E-state index in [4.69, 9.17) is 9.31 Å². The Morgan fingerprint density at radius 2 is 1.72 bits per heavy atom. The summed E-state index contributed by atoms with van der Waals surface area (Å²) < 4.78 is 12.2. The topological polar surface area (TPSA) is 120 Å². The average molecular weight is 453 g/mol. The van der Waals surface area contributed by atoms with Crippen LogP contribution in [0, 0.1) is 22.0 Å². The monoisotopic (exact) mass is 453 g/mol. The molecule has 0 radical (unpaired) electrons. The van der Waals surface area contributed by atoms with E-state index in [1.54, 1.807) is 0 Å². The van der Waals surface area contributed by atoms with Gasteiger partial charge in [-0.05, 0) is 65.6 Å². The predicted octanol–water partition coefficient (Wildman–Crippen LogP) is 2.95. The first-order chi connectivity index (χ1) is 14.8. The van der Waals surface area contributed by atoms with Gasteiger partial charge in [-0.3, -0.25) is 19.7 Å². The summed E-state index contributed by atoms with van der Waals surface area (Å²) in [4.78, 5) is 36.2. The van der Waals surface area contributed by atoms with E-state index >= 15 is 0 Å². The SMILES string of the molecule is CCCCNC(=O)C1(NC(C)=O)C[C@H](CCB2OC(C)(C)C(C)(C)O2)C[C@@H](C[N+](=O)[O-])C1. The highest BCUT2D eigenvalue weighted by atomic mass is 16.7. The molecule has 2 rings (SSSR count). The minimum Gasteiger partial charge on any atom is -0.403 e. The molecule has 0 aromatic heterocycles. The van der Waals surface area contributed by atoms with E-state index in [2.05, 4.69) is 10.6 Å². The van der Waals surface area contributed by atoms with Crippen LogP contribution in [0.25, 0.3) is 0 Å². The van der Waals surface area contributed by atoms with Gasteiger partial charge in [0.25, 0.3) is 0 Å². The molecule has 0 aromatic rings. The van der Waals surface area contributed by atoms with Gasteiger partial charge in [0.1, 0.15) is 5.54 Å². The average Bonchev–Trinajstić information content (AvgIpc) is 2.85. The lowest BCUT2D eigenvalue weighted by Gasteiger charge is -2.43. The van der Waals surface area contributed by atoms with Crippen molar-refractivity contribution in [2.75, 3.05) is 13.1 Å². The maximum atomic E-state index is 13.2. The van der Waals surface area contributed by atoms with Gasteiger partial charge in [-0.15, -0.1) is 0 Å². The van der Waals surface area contributed by atoms with Crippen LogP contribution in [0.15, 0.2) is 0 Å². The van der Waals surface area contributed by atoms with Gasteiger partial charge in [-0.1, -0.05) is 19.8 Å². The number of rotatable bonds is 10. The number of carbonyl (C=O) groups is 2. The van der Waals surface area contributed by atoms with Crippen LogP contribution in [-0.4, -0.2) is 53.7 Å². The Morgan fingerprint density at radius 1 is 1.12 bits per heavy atom. The minimum absolute atomic E-state index is 0.0384. The number of hydrogen-bond donors (Lipinski definition) is 2. The molecule has 182 valence electrons. The molecule has 0 bridgehead atoms. The normalized spacial score (nSPS) is 28.9. The van der Waals surface area contributed by atoms with Gasteiger partial charge in [0.15, 0.2) is 0 Å². The molecule has 1 aliphatic heterocycles. The number of hydrogen-bond acceptors (Lipinski definition) is 6. The Bertz CT molecular complexity index is 685. The Morgan fingerprint density at radius 3 is 2.25 bits per heavy atom. The van der Waals surface area contributed by atoms with Gasteiger partial charge in [-0.25, -0.2) is 0 Å². The predicted molar refractivity (Wildman–Crippen MR) is 123 cm³/mol. The standard InChI is InChI=1S/C22H40BN3O6/c1-7-8-11-24-19(28)22(25-16(2)27)13-17(12-18(14-22)15-26(29)30)9-10-23-31-20(3,4)21(5,6)32-23/h17-18H,7-15H2,1-6H3,(H,24,28)(H,25,27)/t17-,18-,22?/m1/s1. The molecule has 1 unspecified atom stereocenters. The number of nitro groups is 1. The molecule has 2 amide bonds. The van der Waals surface area contributed by atoms with Gasteiger partial charge in [-0.2, -0.15) is 0 Å². The fraction of sp³-hybridized carbons (Fsp3) is 0.909. The first-order valence-electron chi connectivity index (χ1n) is 11.8. The number of nitrogens with one attached hydrogen (secondary N) is 2. The second kappa shape index (κ2) is 10.5. The van der Waals surface area contributed by atoms with Gasteiger partial charge in [0.2, 0.25) is 18.4 Å². The zero-order valence-corrected chi connectivity index (χ0v) is 20.5. The summed E-state index contributed by atoms with van der Waals surface area (Å²) in [5.41, 5.74) is -1.96. The van der Waals surface area contributed by atoms with Crippen molar-refractivity contribution in [3.63, 3.8) is 0 Å². The number of nitrogens with zero attached hydrogens (tertiary/aromatic N) is 1. The van der Waals surface area contributed by atoms with Crippen molar-refractivity contribution < 1.29 is 23.8 Å². The highest BCUT2D eigenvalue weighted by Crippen LogP contribution is 2.42. The number of amides is 2. The molecule has 32 heavy (non-hydrogen) atoms. The number of unbranched alkanes of at least 4 members (excludes halogenated alkanes) is 1. The molecule has 2 N–H and O–H groups in total. The highest BCUT2D eigenvalue weighted by molar-refractivity contribution is 6.45. The molecule has 0 aromatic carbocycles. The van der Waals surface area contributed by atoms with Crippen LogP contribution in [0.2, 0.25) is 6.32 Å². The van der Waals surface area contributed by atoms with E-state index < -0.39 is 16.7 Å². The maximum absolute atomic E-state index is 13.2. The van der Waals surface area contributed by atoms with E-state index in [1.807, 2.05) is 34.6 Å². The Balaban J connectivity index is 2.16. The van der Waals surface area contributed by atoms with Gasteiger partial charge in [0.05, 0.1) is 11.2 Å². The van der Waals surface area contributed by atoms with Crippen molar-refractivity contribution in [1.29, 1.82) is 0 Å². The molecule has 2 fully saturated rings. The molecule has 0 spiro atoms. The van der Waals surface area contributed by atoms with E-state index in [0.29, 0.717) is 32.1 Å². The van der Waals surface area contributed by atoms with Crippen molar-refractivity contribution in [2.45, 2.75) is 103 Å². The van der Waals surface area contributed by atoms with Crippen molar-refractivity contribution >= 4 is 18.9 Å². The zero-order chi connectivity index (χ0) is 24.2. The van der Waals surface area contributed by atoms with Crippen LogP contribution in [-0.2, 0) is 18.9 Å². The molecule has 1 aliphatic carbocycles. The summed E-state index contributed by atoms with van der Waals surface area (Å²) in [6.45, 7) is 11.7. The Hall–Kier alpha value is -1.68. The number of carbonyl (C=O) groups excluding carboxylic acids is 2. The Labute approximate surface area is 192 Å². The molecular formula is C22H40BN3O6. The van der Waals surface area contributed by atoms with Gasteiger partial charge >= 0.3 is 7.12 Å². The van der Waals surface area contributed by atoms with Crippen molar-refractivity contribution in [2.24, 2.45) is 11.8 Å². The summed E-state index contributed by atoms with van der Waals surface area (Å²) in [7, 11) is -0.357. The lowest BCUT2D eigenvalue weighted by molar-refractivity contribution is -0.489. The maximum Gasteiger partial charge on any atom is 0.457 e. The first kappa shape index (κ1) is 26.6. The lowest BCUT2D eigenvalue weighted by atomic mass is 9.66. The minimum atomic E-state index is -1.13. The zero-order valence-electron chi connectivity index (χ0n) is 20.5. The summed E-state index contributed by atoms with van der Waals surface area (Å²) in [5, 5.41) is 17.1. The highest BCUT2D eigenvalue weighted by Gasteiger charge is 2.52. The second-order valence-corrected chi connectivity index (χ2v) is 10.5. The lowest BCUT2D eigenvalue weighted by Crippen LogP contribution is -2.62. The molecule has 10 heteroatoms. The van der Waals surface area contributed by atoms with Crippen LogP contribution < -0.4 is 10.6 Å². The van der Waals surface area contributed by atoms with Crippen LogP contribution in [0.4, 0.5) is 0 Å².